The molecular formula is C72H124NO8+. The zero-order chi connectivity index (χ0) is 59.1. The van der Waals surface area contributed by atoms with Gasteiger partial charge >= 0.3 is 17.9 Å². The number of ether oxygens (including phenoxy) is 4. The number of carbonyl (C=O) groups excluding carboxylic acids is 2. The van der Waals surface area contributed by atoms with Crippen molar-refractivity contribution in [2.45, 2.75) is 283 Å². The number of carboxylic acid groups (broad SMARTS) is 1. The molecule has 0 bridgehead atoms. The van der Waals surface area contributed by atoms with Crippen LogP contribution in [0.3, 0.4) is 0 Å². The van der Waals surface area contributed by atoms with Crippen molar-refractivity contribution < 1.29 is 42.9 Å². The summed E-state index contributed by atoms with van der Waals surface area (Å²) in [5, 5.41) is 9.71. The molecule has 464 valence electrons. The van der Waals surface area contributed by atoms with Gasteiger partial charge in [-0.25, -0.2) is 4.79 Å². The molecule has 1 N–H and O–H groups in total. The first kappa shape index (κ1) is 77.0. The fourth-order valence-electron chi connectivity index (χ4n) is 9.03. The Morgan fingerprint density at radius 2 is 0.667 bits per heavy atom. The molecule has 0 heterocycles. The number of likely N-dealkylation sites (N-methyl/N-ethyl adjacent to an activating group) is 1. The van der Waals surface area contributed by atoms with Gasteiger partial charge in [0, 0.05) is 12.8 Å². The number of carboxylic acids is 1. The van der Waals surface area contributed by atoms with Gasteiger partial charge in [-0.05, 0) is 96.3 Å². The normalized spacial score (nSPS) is 13.4. The molecule has 0 amide bonds. The van der Waals surface area contributed by atoms with E-state index in [0.29, 0.717) is 23.9 Å². The summed E-state index contributed by atoms with van der Waals surface area (Å²) >= 11 is 0. The van der Waals surface area contributed by atoms with E-state index in [0.717, 1.165) is 83.5 Å². The predicted molar refractivity (Wildman–Crippen MR) is 345 cm³/mol. The third-order valence-electron chi connectivity index (χ3n) is 14.0. The highest BCUT2D eigenvalue weighted by Gasteiger charge is 2.25. The number of hydrogen-bond donors (Lipinski definition) is 1. The van der Waals surface area contributed by atoms with Gasteiger partial charge in [0.05, 0.1) is 34.4 Å². The molecule has 0 aliphatic heterocycles. The SMILES string of the molecule is CC/C=C\C/C=C\C/C=C\C/C=C\C/C=C\CCCCCCCCCCCCCCCCCCCCCCCCCCCC(=O)OC(COC(=O)CCCC/C=C\C/C=C\C/C=C\C/C=C\CC)COC(OCC[N+](C)(C)C)C(=O)O. The minimum Gasteiger partial charge on any atom is -0.477 e. The summed E-state index contributed by atoms with van der Waals surface area (Å²) in [6, 6.07) is 0. The van der Waals surface area contributed by atoms with Crippen LogP contribution in [0.15, 0.2) is 109 Å². The number of aliphatic carboxylic acids is 1. The third kappa shape index (κ3) is 63.4. The van der Waals surface area contributed by atoms with Crippen molar-refractivity contribution in [1.29, 1.82) is 0 Å². The molecule has 0 fully saturated rings. The Labute approximate surface area is 498 Å². The van der Waals surface area contributed by atoms with E-state index in [1.54, 1.807) is 0 Å². The quantitative estimate of drug-likeness (QED) is 0.0211. The molecule has 0 aromatic heterocycles. The maximum Gasteiger partial charge on any atom is 0.361 e. The monoisotopic (exact) mass is 1130 g/mol. The maximum atomic E-state index is 12.9. The fourth-order valence-corrected chi connectivity index (χ4v) is 9.03. The Balaban J connectivity index is 3.98. The second kappa shape index (κ2) is 62.0. The second-order valence-electron chi connectivity index (χ2n) is 23.0. The van der Waals surface area contributed by atoms with Crippen molar-refractivity contribution in [1.82, 2.24) is 0 Å². The summed E-state index contributed by atoms with van der Waals surface area (Å²) in [6.45, 7) is 4.61. The van der Waals surface area contributed by atoms with Crippen molar-refractivity contribution in [2.24, 2.45) is 0 Å². The van der Waals surface area contributed by atoms with E-state index in [2.05, 4.69) is 123 Å². The highest BCUT2D eigenvalue weighted by molar-refractivity contribution is 5.71. The number of rotatable bonds is 60. The molecule has 0 aromatic carbocycles. The summed E-state index contributed by atoms with van der Waals surface area (Å²) in [4.78, 5) is 37.4. The number of carbonyl (C=O) groups is 3. The van der Waals surface area contributed by atoms with Gasteiger partial charge < -0.3 is 28.5 Å². The minimum atomic E-state index is -1.52. The molecule has 0 spiro atoms. The number of esters is 2. The topological polar surface area (TPSA) is 108 Å². The average Bonchev–Trinajstić information content (AvgIpc) is 3.44. The zero-order valence-corrected chi connectivity index (χ0v) is 52.9. The third-order valence-corrected chi connectivity index (χ3v) is 14.0. The predicted octanol–water partition coefficient (Wildman–Crippen LogP) is 20.2. The van der Waals surface area contributed by atoms with Crippen LogP contribution >= 0.6 is 0 Å². The average molecular weight is 1130 g/mol. The van der Waals surface area contributed by atoms with E-state index in [-0.39, 0.29) is 38.6 Å². The van der Waals surface area contributed by atoms with Crippen LogP contribution in [0.5, 0.6) is 0 Å². The van der Waals surface area contributed by atoms with Crippen LogP contribution in [0.4, 0.5) is 0 Å². The minimum absolute atomic E-state index is 0.178. The van der Waals surface area contributed by atoms with Crippen LogP contribution in [0, 0.1) is 0 Å². The summed E-state index contributed by atoms with van der Waals surface area (Å²) in [7, 11) is 5.96. The van der Waals surface area contributed by atoms with Crippen molar-refractivity contribution in [2.75, 3.05) is 47.5 Å². The van der Waals surface area contributed by atoms with E-state index >= 15 is 0 Å². The Morgan fingerprint density at radius 1 is 0.370 bits per heavy atom. The van der Waals surface area contributed by atoms with E-state index < -0.39 is 24.3 Å². The molecule has 0 aromatic rings. The van der Waals surface area contributed by atoms with Crippen LogP contribution in [-0.4, -0.2) is 87.4 Å². The molecule has 0 radical (unpaired) electrons. The lowest BCUT2D eigenvalue weighted by Crippen LogP contribution is -2.40. The Kier molecular flexibility index (Phi) is 58.9. The molecule has 9 heteroatoms. The molecule has 2 atom stereocenters. The van der Waals surface area contributed by atoms with Crippen molar-refractivity contribution in [3.63, 3.8) is 0 Å². The van der Waals surface area contributed by atoms with Gasteiger partial charge in [0.2, 0.25) is 0 Å². The van der Waals surface area contributed by atoms with Gasteiger partial charge in [-0.2, -0.15) is 0 Å². The fraction of sp³-hybridized carbons (Fsp3) is 0.708. The maximum absolute atomic E-state index is 12.9. The largest absolute Gasteiger partial charge is 0.477 e. The number of hydrogen-bond acceptors (Lipinski definition) is 7. The van der Waals surface area contributed by atoms with Crippen molar-refractivity contribution >= 4 is 17.9 Å². The highest BCUT2D eigenvalue weighted by atomic mass is 16.7. The van der Waals surface area contributed by atoms with Crippen LogP contribution < -0.4 is 0 Å². The van der Waals surface area contributed by atoms with Gasteiger partial charge in [-0.1, -0.05) is 271 Å². The van der Waals surface area contributed by atoms with Crippen LogP contribution in [0.1, 0.15) is 271 Å². The number of allylic oxidation sites excluding steroid dienone is 18. The van der Waals surface area contributed by atoms with Crippen molar-refractivity contribution in [3.05, 3.63) is 109 Å². The Hall–Kier alpha value is -4.05. The first-order valence-corrected chi connectivity index (χ1v) is 33.1. The molecule has 9 nitrogen and oxygen atoms in total. The van der Waals surface area contributed by atoms with E-state index in [1.807, 2.05) is 21.1 Å². The van der Waals surface area contributed by atoms with Crippen LogP contribution in [0.2, 0.25) is 0 Å². The molecule has 0 rings (SSSR count). The first-order valence-electron chi connectivity index (χ1n) is 33.1. The molecule has 0 saturated carbocycles. The summed E-state index contributed by atoms with van der Waals surface area (Å²) in [5.74, 6) is -2.06. The number of nitrogens with zero attached hydrogens (tertiary/aromatic N) is 1. The van der Waals surface area contributed by atoms with E-state index in [4.69, 9.17) is 18.9 Å². The number of quaternary nitrogens is 1. The van der Waals surface area contributed by atoms with Crippen LogP contribution in [0.25, 0.3) is 0 Å². The van der Waals surface area contributed by atoms with Crippen LogP contribution in [-0.2, 0) is 33.3 Å². The molecule has 0 saturated heterocycles. The van der Waals surface area contributed by atoms with E-state index in [1.165, 1.54) is 148 Å². The zero-order valence-electron chi connectivity index (χ0n) is 52.9. The Morgan fingerprint density at radius 3 is 1.01 bits per heavy atom. The lowest BCUT2D eigenvalue weighted by Gasteiger charge is -2.25. The van der Waals surface area contributed by atoms with E-state index in [9.17, 15) is 19.5 Å². The van der Waals surface area contributed by atoms with Gasteiger partial charge in [0.25, 0.3) is 6.29 Å². The molecule has 0 aliphatic rings. The smallest absolute Gasteiger partial charge is 0.361 e. The van der Waals surface area contributed by atoms with Crippen molar-refractivity contribution in [3.8, 4) is 0 Å². The summed E-state index contributed by atoms with van der Waals surface area (Å²) < 4.78 is 22.8. The highest BCUT2D eigenvalue weighted by Crippen LogP contribution is 2.17. The van der Waals surface area contributed by atoms with Gasteiger partial charge in [0.15, 0.2) is 6.10 Å². The summed E-state index contributed by atoms with van der Waals surface area (Å²) in [5.41, 5.74) is 0. The lowest BCUT2D eigenvalue weighted by atomic mass is 10.0. The first-order chi connectivity index (χ1) is 39.6. The molecule has 81 heavy (non-hydrogen) atoms. The molecular weight excluding hydrogens is 1010 g/mol. The standard InChI is InChI=1S/C72H123NO8/c1-6-8-10-12-14-16-18-20-22-23-24-25-26-27-28-29-30-31-32-33-34-35-36-37-38-39-40-41-42-43-44-45-46-47-49-51-53-55-57-59-61-63-70(75)81-68(67-80-72(71(76)77)78-65-64-73(3,4)5)66-79-69(74)62-60-58-56-54-52-50-48-21-19-17-15-13-11-9-7-2/h8-11,14-17,20-22,24-25,27-28,48,52,54,68,72H,6-7,12-13,18-19,23,26,29-47,49-51,53,55-67H2,1-5H3/p+1/b10-8-,11-9-,16-14-,17-15-,22-20-,25-24-,28-27-,48-21-,54-52-. The second-order valence-corrected chi connectivity index (χ2v) is 23.0. The summed E-state index contributed by atoms with van der Waals surface area (Å²) in [6.07, 6.45) is 83.7. The molecule has 0 aliphatic carbocycles. The Bertz CT molecular complexity index is 1700. The van der Waals surface area contributed by atoms with Gasteiger partial charge in [0.1, 0.15) is 13.2 Å². The lowest BCUT2D eigenvalue weighted by molar-refractivity contribution is -0.870. The van der Waals surface area contributed by atoms with Gasteiger partial charge in [-0.3, -0.25) is 9.59 Å². The molecule has 2 unspecified atom stereocenters. The number of unbranched alkanes of at least 4 members (excludes halogenated alkanes) is 27. The van der Waals surface area contributed by atoms with Gasteiger partial charge in [-0.15, -0.1) is 0 Å².